The highest BCUT2D eigenvalue weighted by atomic mass is 16.1. The van der Waals surface area contributed by atoms with Crippen LogP contribution in [0.1, 0.15) is 13.3 Å². The lowest BCUT2D eigenvalue weighted by Gasteiger charge is -2.03. The van der Waals surface area contributed by atoms with E-state index in [4.69, 9.17) is 11.7 Å². The maximum atomic E-state index is 10.4. The summed E-state index contributed by atoms with van der Waals surface area (Å²) in [6, 6.07) is 1.43. The molecule has 0 radical (unpaired) electrons. The Morgan fingerprint density at radius 1 is 1.90 bits per heavy atom. The molecule has 1 amide bonds. The van der Waals surface area contributed by atoms with Gasteiger partial charge in [-0.05, 0) is 12.3 Å². The summed E-state index contributed by atoms with van der Waals surface area (Å²) in [4.78, 5) is 10.4. The molecule has 52 valence electrons. The number of amides is 1. The van der Waals surface area contributed by atoms with Crippen molar-refractivity contribution in [3.63, 3.8) is 0 Å². The number of terminal acetylenes is 1. The number of hydrogen-bond donors (Lipinski definition) is 1. The third-order valence-corrected chi connectivity index (χ3v) is 1.00. The fourth-order valence-electron chi connectivity index (χ4n) is 0.426. The van der Waals surface area contributed by atoms with Crippen LogP contribution in [-0.2, 0) is 4.79 Å². The minimum absolute atomic E-state index is 0.455. The van der Waals surface area contributed by atoms with Crippen LogP contribution in [0.4, 0.5) is 0 Å². The Hall–Kier alpha value is -1.48. The number of hydrogen-bond acceptors (Lipinski definition) is 2. The summed E-state index contributed by atoms with van der Waals surface area (Å²) in [5.74, 6) is 1.33. The van der Waals surface area contributed by atoms with E-state index >= 15 is 0 Å². The van der Waals surface area contributed by atoms with Gasteiger partial charge in [-0.2, -0.15) is 5.26 Å². The van der Waals surface area contributed by atoms with Gasteiger partial charge in [0.1, 0.15) is 6.04 Å². The topological polar surface area (TPSA) is 52.9 Å². The lowest BCUT2D eigenvalue weighted by atomic mass is 10.2. The SMILES string of the molecule is C#CC(=O)N[C@@H](C#N)CC. The fraction of sp³-hybridized carbons (Fsp3) is 0.429. The third kappa shape index (κ3) is 2.74. The molecule has 0 bridgehead atoms. The molecule has 0 spiro atoms. The molecule has 0 rings (SSSR count). The molecule has 1 atom stereocenters. The van der Waals surface area contributed by atoms with Crippen LogP contribution in [0.2, 0.25) is 0 Å². The van der Waals surface area contributed by atoms with Crippen molar-refractivity contribution in [1.82, 2.24) is 5.32 Å². The van der Waals surface area contributed by atoms with Crippen molar-refractivity contribution >= 4 is 5.91 Å². The Morgan fingerprint density at radius 2 is 2.50 bits per heavy atom. The van der Waals surface area contributed by atoms with E-state index in [0.29, 0.717) is 6.42 Å². The normalized spacial score (nSPS) is 10.7. The molecular formula is C7H8N2O. The zero-order valence-corrected chi connectivity index (χ0v) is 5.72. The van der Waals surface area contributed by atoms with Crippen LogP contribution in [0.3, 0.4) is 0 Å². The summed E-state index contributed by atoms with van der Waals surface area (Å²) in [6.45, 7) is 1.80. The number of nitrogens with zero attached hydrogens (tertiary/aromatic N) is 1. The minimum atomic E-state index is -0.534. The molecule has 3 nitrogen and oxygen atoms in total. The van der Waals surface area contributed by atoms with Gasteiger partial charge < -0.3 is 5.32 Å². The van der Waals surface area contributed by atoms with Gasteiger partial charge in [-0.1, -0.05) is 6.92 Å². The van der Waals surface area contributed by atoms with Crippen molar-refractivity contribution in [2.75, 3.05) is 0 Å². The number of nitriles is 1. The van der Waals surface area contributed by atoms with Crippen LogP contribution in [-0.4, -0.2) is 11.9 Å². The molecule has 0 aromatic rings. The Morgan fingerprint density at radius 3 is 2.80 bits per heavy atom. The second-order valence-electron chi connectivity index (χ2n) is 1.71. The van der Waals surface area contributed by atoms with E-state index in [0.717, 1.165) is 0 Å². The molecule has 1 N–H and O–H groups in total. The summed E-state index contributed by atoms with van der Waals surface area (Å²) in [7, 11) is 0. The molecule has 0 heterocycles. The second kappa shape index (κ2) is 4.40. The minimum Gasteiger partial charge on any atom is -0.329 e. The summed E-state index contributed by atoms with van der Waals surface area (Å²) < 4.78 is 0. The first-order valence-corrected chi connectivity index (χ1v) is 2.91. The van der Waals surface area contributed by atoms with Gasteiger partial charge in [0.15, 0.2) is 0 Å². The van der Waals surface area contributed by atoms with E-state index in [1.807, 2.05) is 12.0 Å². The molecule has 3 heteroatoms. The first kappa shape index (κ1) is 8.52. The van der Waals surface area contributed by atoms with Crippen LogP contribution in [0, 0.1) is 23.7 Å². The molecule has 0 aromatic carbocycles. The zero-order valence-electron chi connectivity index (χ0n) is 5.72. The smallest absolute Gasteiger partial charge is 0.296 e. The largest absolute Gasteiger partial charge is 0.329 e. The number of carbonyl (C=O) groups excluding carboxylic acids is 1. The molecule has 0 aliphatic carbocycles. The lowest BCUT2D eigenvalue weighted by molar-refractivity contribution is -0.116. The summed E-state index contributed by atoms with van der Waals surface area (Å²) in [6.07, 6.45) is 5.33. The molecule has 0 unspecified atom stereocenters. The monoisotopic (exact) mass is 136 g/mol. The average molecular weight is 136 g/mol. The van der Waals surface area contributed by atoms with Crippen LogP contribution in [0.25, 0.3) is 0 Å². The highest BCUT2D eigenvalue weighted by Crippen LogP contribution is 1.85. The predicted molar refractivity (Wildman–Crippen MR) is 36.7 cm³/mol. The van der Waals surface area contributed by atoms with Gasteiger partial charge in [-0.25, -0.2) is 0 Å². The molecule has 10 heavy (non-hydrogen) atoms. The number of rotatable bonds is 2. The lowest BCUT2D eigenvalue weighted by Crippen LogP contribution is -2.31. The fourth-order valence-corrected chi connectivity index (χ4v) is 0.426. The van der Waals surface area contributed by atoms with Crippen molar-refractivity contribution in [3.8, 4) is 18.4 Å². The Labute approximate surface area is 60.0 Å². The van der Waals surface area contributed by atoms with Gasteiger partial charge in [-0.15, -0.1) is 6.42 Å². The van der Waals surface area contributed by atoms with E-state index < -0.39 is 11.9 Å². The first-order chi connectivity index (χ1) is 4.74. The van der Waals surface area contributed by atoms with E-state index in [2.05, 4.69) is 5.32 Å². The molecular weight excluding hydrogens is 128 g/mol. The maximum Gasteiger partial charge on any atom is 0.296 e. The van der Waals surface area contributed by atoms with Crippen LogP contribution in [0.15, 0.2) is 0 Å². The van der Waals surface area contributed by atoms with Gasteiger partial charge in [-0.3, -0.25) is 4.79 Å². The molecule has 0 aromatic heterocycles. The highest BCUT2D eigenvalue weighted by molar-refractivity contribution is 5.93. The second-order valence-corrected chi connectivity index (χ2v) is 1.71. The van der Waals surface area contributed by atoms with E-state index in [9.17, 15) is 4.79 Å². The predicted octanol–water partition coefficient (Wildman–Crippen LogP) is 0.0380. The molecule has 0 fully saturated rings. The number of nitrogens with one attached hydrogen (secondary N) is 1. The van der Waals surface area contributed by atoms with Gasteiger partial charge >= 0.3 is 0 Å². The van der Waals surface area contributed by atoms with E-state index in [-0.39, 0.29) is 0 Å². The van der Waals surface area contributed by atoms with Gasteiger partial charge in [0.05, 0.1) is 6.07 Å². The Balaban J connectivity index is 3.80. The quantitative estimate of drug-likeness (QED) is 0.545. The van der Waals surface area contributed by atoms with E-state index in [1.54, 1.807) is 6.92 Å². The van der Waals surface area contributed by atoms with Gasteiger partial charge in [0, 0.05) is 0 Å². The van der Waals surface area contributed by atoms with Crippen molar-refractivity contribution < 1.29 is 4.79 Å². The van der Waals surface area contributed by atoms with Gasteiger partial charge in [0.2, 0.25) is 0 Å². The van der Waals surface area contributed by atoms with Crippen molar-refractivity contribution in [2.24, 2.45) is 0 Å². The average Bonchev–Trinajstić information content (AvgIpc) is 1.99. The van der Waals surface area contributed by atoms with Crippen molar-refractivity contribution in [2.45, 2.75) is 19.4 Å². The molecule has 0 saturated carbocycles. The summed E-state index contributed by atoms with van der Waals surface area (Å²) >= 11 is 0. The number of carbonyl (C=O) groups is 1. The van der Waals surface area contributed by atoms with Crippen molar-refractivity contribution in [3.05, 3.63) is 0 Å². The Bertz CT molecular complexity index is 197. The molecule has 0 saturated heterocycles. The van der Waals surface area contributed by atoms with Gasteiger partial charge in [0.25, 0.3) is 5.91 Å². The Kier molecular flexibility index (Phi) is 3.75. The van der Waals surface area contributed by atoms with Crippen molar-refractivity contribution in [1.29, 1.82) is 5.26 Å². The summed E-state index contributed by atoms with van der Waals surface area (Å²) in [5, 5.41) is 10.7. The third-order valence-electron chi connectivity index (χ3n) is 1.00. The van der Waals surface area contributed by atoms with Crippen LogP contribution >= 0.6 is 0 Å². The molecule has 0 aliphatic heterocycles. The molecule has 0 aliphatic rings. The highest BCUT2D eigenvalue weighted by Gasteiger charge is 2.04. The van der Waals surface area contributed by atoms with Crippen LogP contribution in [0.5, 0.6) is 0 Å². The van der Waals surface area contributed by atoms with Crippen LogP contribution < -0.4 is 5.32 Å². The summed E-state index contributed by atoms with van der Waals surface area (Å²) in [5.41, 5.74) is 0. The standard InChI is InChI=1S/C7H8N2O/c1-3-6(5-8)9-7(10)4-2/h2,6H,3H2,1H3,(H,9,10)/t6-/m1/s1. The first-order valence-electron chi connectivity index (χ1n) is 2.91. The van der Waals surface area contributed by atoms with E-state index in [1.165, 1.54) is 0 Å². The maximum absolute atomic E-state index is 10.4. The zero-order chi connectivity index (χ0) is 7.98.